The van der Waals surface area contributed by atoms with Crippen LogP contribution in [0.4, 0.5) is 22.7 Å². The maximum atomic E-state index is 10.3. The van der Waals surface area contributed by atoms with Crippen LogP contribution in [-0.2, 0) is 20.8 Å². The predicted molar refractivity (Wildman–Crippen MR) is 215 cm³/mol. The van der Waals surface area contributed by atoms with Gasteiger partial charge in [-0.25, -0.2) is 0 Å². The van der Waals surface area contributed by atoms with Crippen molar-refractivity contribution in [3.8, 4) is 35.4 Å². The molecule has 5 aromatic carbocycles. The van der Waals surface area contributed by atoms with E-state index in [0.717, 1.165) is 39.2 Å². The zero-order chi connectivity index (χ0) is 38.5. The Bertz CT molecular complexity index is 2220. The molecule has 0 aliphatic heterocycles. The number of aryl methyl sites for hydroxylation is 1. The first kappa shape index (κ1) is 39.5. The van der Waals surface area contributed by atoms with Gasteiger partial charge in [-0.3, -0.25) is 0 Å². The van der Waals surface area contributed by atoms with Gasteiger partial charge >= 0.3 is 0 Å². The monoisotopic (exact) mass is 732 g/mol. The van der Waals surface area contributed by atoms with E-state index in [9.17, 15) is 5.11 Å². The number of ether oxygens (including phenoxy) is 5. The van der Waals surface area contributed by atoms with Crippen LogP contribution < -0.4 is 9.47 Å². The van der Waals surface area contributed by atoms with Crippen molar-refractivity contribution in [2.75, 3.05) is 27.5 Å². The normalized spacial score (nSPS) is 11.2. The van der Waals surface area contributed by atoms with Crippen molar-refractivity contribution in [3.05, 3.63) is 143 Å². The van der Waals surface area contributed by atoms with E-state index in [1.165, 1.54) is 12.7 Å². The number of hydrogen-bond acceptors (Lipinski definition) is 10. The molecule has 0 aliphatic carbocycles. The molecule has 55 heavy (non-hydrogen) atoms. The lowest BCUT2D eigenvalue weighted by Crippen LogP contribution is -2.09. The molecule has 0 spiro atoms. The van der Waals surface area contributed by atoms with Gasteiger partial charge in [-0.1, -0.05) is 72.2 Å². The number of hydrogen-bond donors (Lipinski definition) is 1. The Morgan fingerprint density at radius 3 is 1.67 bits per heavy atom. The molecule has 0 heterocycles. The van der Waals surface area contributed by atoms with Gasteiger partial charge in [0.05, 0.1) is 29.4 Å². The predicted octanol–water partition coefficient (Wildman–Crippen LogP) is 11.0. The van der Waals surface area contributed by atoms with Gasteiger partial charge in [-0.05, 0) is 115 Å². The van der Waals surface area contributed by atoms with Gasteiger partial charge in [0.2, 0.25) is 0 Å². The molecular weight excluding hydrogens is 693 g/mol. The Labute approximate surface area is 321 Å². The number of rotatable bonds is 17. The van der Waals surface area contributed by atoms with Crippen LogP contribution in [0.25, 0.3) is 24.3 Å². The molecule has 0 amide bonds. The summed E-state index contributed by atoms with van der Waals surface area (Å²) in [6.07, 6.45) is 10.3. The van der Waals surface area contributed by atoms with Crippen molar-refractivity contribution >= 4 is 47.1 Å². The lowest BCUT2D eigenvalue weighted by molar-refractivity contribution is -0.145. The lowest BCUT2D eigenvalue weighted by atomic mass is 10.0. The van der Waals surface area contributed by atoms with Gasteiger partial charge in [0.25, 0.3) is 0 Å². The first-order valence-corrected chi connectivity index (χ1v) is 17.2. The van der Waals surface area contributed by atoms with Crippen molar-refractivity contribution in [3.63, 3.8) is 0 Å². The summed E-state index contributed by atoms with van der Waals surface area (Å²) in [4.78, 5) is 0. The summed E-state index contributed by atoms with van der Waals surface area (Å²) in [5, 5.41) is 27.6. The van der Waals surface area contributed by atoms with Crippen molar-refractivity contribution in [2.45, 2.75) is 20.5 Å². The third-order valence-corrected chi connectivity index (χ3v) is 7.64. The van der Waals surface area contributed by atoms with Crippen LogP contribution in [0.15, 0.2) is 130 Å². The van der Waals surface area contributed by atoms with E-state index in [1.807, 2.05) is 116 Å². The average Bonchev–Trinajstić information content (AvgIpc) is 3.22. The second-order valence-electron chi connectivity index (χ2n) is 11.7. The maximum absolute atomic E-state index is 10.3. The Morgan fingerprint density at radius 1 is 0.600 bits per heavy atom. The molecule has 0 saturated heterocycles. The molecule has 1 N–H and O–H groups in total. The summed E-state index contributed by atoms with van der Waals surface area (Å²) in [6, 6.07) is 34.1. The Hall–Kier alpha value is -6.66. The van der Waals surface area contributed by atoms with Gasteiger partial charge in [0, 0.05) is 18.6 Å². The Kier molecular flexibility index (Phi) is 15.7. The van der Waals surface area contributed by atoms with Crippen molar-refractivity contribution in [2.24, 2.45) is 20.5 Å². The largest absolute Gasteiger partial charge is 0.467 e. The SMILES string of the molecule is CC#CC#COc1ccc(/N=N/c2ccc(/C=C/c3cc(CO)c(/C=C/c4ccc(/N=N/c5ccc(C)cc5)cc4)cc3OCOCOCOC)cc2)cc1. The second kappa shape index (κ2) is 21.8. The Morgan fingerprint density at radius 2 is 1.13 bits per heavy atom. The number of benzene rings is 5. The number of aliphatic hydroxyl groups excluding tert-OH is 1. The van der Waals surface area contributed by atoms with E-state index in [1.54, 1.807) is 31.2 Å². The summed E-state index contributed by atoms with van der Waals surface area (Å²) in [5.74, 6) is 9.06. The highest BCUT2D eigenvalue weighted by Gasteiger charge is 2.09. The van der Waals surface area contributed by atoms with Gasteiger partial charge in [-0.15, -0.1) is 0 Å². The molecule has 0 bridgehead atoms. The molecule has 10 nitrogen and oxygen atoms in total. The van der Waals surface area contributed by atoms with Crippen molar-refractivity contribution in [1.82, 2.24) is 0 Å². The average molecular weight is 733 g/mol. The van der Waals surface area contributed by atoms with Gasteiger partial charge in [-0.2, -0.15) is 20.5 Å². The van der Waals surface area contributed by atoms with Gasteiger partial charge in [0.1, 0.15) is 24.4 Å². The van der Waals surface area contributed by atoms with Crippen LogP contribution in [-0.4, -0.2) is 32.6 Å². The zero-order valence-corrected chi connectivity index (χ0v) is 30.8. The van der Waals surface area contributed by atoms with E-state index in [2.05, 4.69) is 44.3 Å². The molecule has 276 valence electrons. The highest BCUT2D eigenvalue weighted by molar-refractivity contribution is 5.78. The first-order valence-electron chi connectivity index (χ1n) is 17.2. The van der Waals surface area contributed by atoms with Crippen LogP contribution in [0.3, 0.4) is 0 Å². The molecule has 0 aliphatic rings. The molecule has 10 heteroatoms. The standard InChI is InChI=1S/C45H40N4O6/c1-4-5-6-27-54-44-25-23-43(24-26-44)49-48-42-21-13-36(14-22-42)10-16-38-28-39(30-50)37(29-45(38)55-33-53-32-52-31-51-3)15-9-35-11-19-41(20-12-35)47-46-40-17-7-34(2)8-18-40/h7-26,28-29,50H,30-33H2,1-3H3/b15-9+,16-10+,47-46+,49-48+. The van der Waals surface area contributed by atoms with E-state index >= 15 is 0 Å². The number of methoxy groups -OCH3 is 1. The molecule has 0 saturated carbocycles. The second-order valence-corrected chi connectivity index (χ2v) is 11.7. The molecular formula is C45H40N4O6. The molecule has 0 atom stereocenters. The fourth-order valence-corrected chi connectivity index (χ4v) is 4.79. The fourth-order valence-electron chi connectivity index (χ4n) is 4.79. The maximum Gasteiger partial charge on any atom is 0.191 e. The van der Waals surface area contributed by atoms with Crippen molar-refractivity contribution < 1.29 is 28.8 Å². The van der Waals surface area contributed by atoms with Crippen LogP contribution >= 0.6 is 0 Å². The van der Waals surface area contributed by atoms with Gasteiger partial charge < -0.3 is 28.8 Å². The number of nitrogens with zero attached hydrogens (tertiary/aromatic N) is 4. The van der Waals surface area contributed by atoms with E-state index in [4.69, 9.17) is 23.7 Å². The molecule has 0 aromatic heterocycles. The minimum atomic E-state index is -0.168. The van der Waals surface area contributed by atoms with Gasteiger partial charge in [0.15, 0.2) is 13.6 Å². The zero-order valence-electron chi connectivity index (χ0n) is 30.8. The number of aliphatic hydroxyl groups is 1. The highest BCUT2D eigenvalue weighted by Crippen LogP contribution is 2.29. The number of azo groups is 2. The lowest BCUT2D eigenvalue weighted by Gasteiger charge is -2.14. The molecule has 5 aromatic rings. The summed E-state index contributed by atoms with van der Waals surface area (Å²) in [6.45, 7) is 3.64. The molecule has 0 radical (unpaired) electrons. The summed E-state index contributed by atoms with van der Waals surface area (Å²) in [7, 11) is 1.54. The molecule has 5 rings (SSSR count). The van der Waals surface area contributed by atoms with E-state index in [-0.39, 0.29) is 27.0 Å². The summed E-state index contributed by atoms with van der Waals surface area (Å²) >= 11 is 0. The molecule has 0 fully saturated rings. The van der Waals surface area contributed by atoms with Crippen LogP contribution in [0, 0.1) is 30.8 Å². The quantitative estimate of drug-likeness (QED) is 0.0334. The van der Waals surface area contributed by atoms with Crippen LogP contribution in [0.1, 0.15) is 40.3 Å². The minimum absolute atomic E-state index is 0.00875. The smallest absolute Gasteiger partial charge is 0.191 e. The van der Waals surface area contributed by atoms with Crippen molar-refractivity contribution in [1.29, 1.82) is 0 Å². The minimum Gasteiger partial charge on any atom is -0.467 e. The van der Waals surface area contributed by atoms with Crippen LogP contribution in [0.5, 0.6) is 11.5 Å². The highest BCUT2D eigenvalue weighted by atomic mass is 16.8. The van der Waals surface area contributed by atoms with Crippen LogP contribution in [0.2, 0.25) is 0 Å². The third kappa shape index (κ3) is 13.4. The third-order valence-electron chi connectivity index (χ3n) is 7.64. The molecule has 0 unspecified atom stereocenters. The topological polar surface area (TPSA) is 116 Å². The first-order chi connectivity index (χ1) is 27.0. The Balaban J connectivity index is 1.27. The summed E-state index contributed by atoms with van der Waals surface area (Å²) in [5.41, 5.74) is 8.24. The van der Waals surface area contributed by atoms with E-state index < -0.39 is 0 Å². The van der Waals surface area contributed by atoms with E-state index in [0.29, 0.717) is 22.9 Å². The summed E-state index contributed by atoms with van der Waals surface area (Å²) < 4.78 is 26.9. The fraction of sp³-hybridized carbons (Fsp3) is 0.156.